The molecule has 2 N–H and O–H groups in total. The molecule has 1 aromatic carbocycles. The van der Waals surface area contributed by atoms with Gasteiger partial charge in [0.2, 0.25) is 0 Å². The Morgan fingerprint density at radius 1 is 1.19 bits per heavy atom. The minimum absolute atomic E-state index is 0. The lowest BCUT2D eigenvalue weighted by molar-refractivity contribution is 0.0760. The molecule has 1 saturated carbocycles. The molecule has 4 rings (SSSR count). The number of likely N-dealkylation sites (tertiary alicyclic amines) is 1. The van der Waals surface area contributed by atoms with Gasteiger partial charge in [0.05, 0.1) is 0 Å². The largest absolute Gasteiger partial charge is 0.451 e. The number of benzene rings is 1. The van der Waals surface area contributed by atoms with Crippen molar-refractivity contribution in [1.82, 2.24) is 4.90 Å². The summed E-state index contributed by atoms with van der Waals surface area (Å²) in [7, 11) is 0. The van der Waals surface area contributed by atoms with E-state index in [9.17, 15) is 4.79 Å². The fourth-order valence-electron chi connectivity index (χ4n) is 3.96. The number of carbonyl (C=O) groups excluding carboxylic acids is 1. The van der Waals surface area contributed by atoms with Gasteiger partial charge in [0.1, 0.15) is 5.58 Å². The smallest absolute Gasteiger partial charge is 0.289 e. The summed E-state index contributed by atoms with van der Waals surface area (Å²) in [4.78, 5) is 14.8. The van der Waals surface area contributed by atoms with Crippen LogP contribution >= 0.6 is 24.2 Å². The van der Waals surface area contributed by atoms with Gasteiger partial charge in [0.25, 0.3) is 5.91 Å². The van der Waals surface area contributed by atoms with E-state index < -0.39 is 0 Å². The number of nitrogens with zero attached hydrogens (tertiary/aromatic N) is 1. The van der Waals surface area contributed by atoms with E-state index in [1.54, 1.807) is 0 Å². The zero-order chi connectivity index (χ0) is 17.2. The lowest BCUT2D eigenvalue weighted by atomic mass is 10.0. The molecule has 1 atom stereocenters. The van der Waals surface area contributed by atoms with Gasteiger partial charge in [0, 0.05) is 41.1 Å². The number of para-hydroxylation sites is 1. The lowest BCUT2D eigenvalue weighted by Crippen LogP contribution is -2.32. The molecule has 0 spiro atoms. The Morgan fingerprint density at radius 3 is 2.69 bits per heavy atom. The molecule has 2 aromatic rings. The van der Waals surface area contributed by atoms with Crippen LogP contribution in [0.15, 0.2) is 28.7 Å². The van der Waals surface area contributed by atoms with E-state index in [4.69, 9.17) is 10.2 Å². The summed E-state index contributed by atoms with van der Waals surface area (Å²) >= 11 is 1.99. The second-order valence-electron chi connectivity index (χ2n) is 7.28. The number of hydrogen-bond donors (Lipinski definition) is 1. The Morgan fingerprint density at radius 2 is 1.96 bits per heavy atom. The zero-order valence-corrected chi connectivity index (χ0v) is 16.6. The van der Waals surface area contributed by atoms with Gasteiger partial charge < -0.3 is 15.1 Å². The van der Waals surface area contributed by atoms with Crippen molar-refractivity contribution in [2.45, 2.75) is 55.6 Å². The second-order valence-corrected chi connectivity index (χ2v) is 8.57. The quantitative estimate of drug-likeness (QED) is 0.823. The first-order valence-electron chi connectivity index (χ1n) is 9.39. The van der Waals surface area contributed by atoms with Crippen molar-refractivity contribution >= 4 is 41.0 Å². The van der Waals surface area contributed by atoms with E-state index in [0.717, 1.165) is 35.3 Å². The predicted molar refractivity (Wildman–Crippen MR) is 110 cm³/mol. The molecule has 2 fully saturated rings. The fourth-order valence-corrected chi connectivity index (χ4v) is 5.32. The number of furan rings is 1. The van der Waals surface area contributed by atoms with Crippen molar-refractivity contribution in [3.05, 3.63) is 35.6 Å². The fraction of sp³-hybridized carbons (Fsp3) is 0.550. The zero-order valence-electron chi connectivity index (χ0n) is 15.0. The summed E-state index contributed by atoms with van der Waals surface area (Å²) in [5.74, 6) is 1.38. The first kappa shape index (κ1) is 19.6. The average Bonchev–Trinajstić information content (AvgIpc) is 3.24. The number of amides is 1. The number of halogens is 1. The molecule has 0 radical (unpaired) electrons. The van der Waals surface area contributed by atoms with Crippen molar-refractivity contribution in [3.63, 3.8) is 0 Å². The average molecular weight is 395 g/mol. The van der Waals surface area contributed by atoms with Gasteiger partial charge in [-0.1, -0.05) is 37.5 Å². The molecule has 1 aromatic heterocycles. The molecule has 0 unspecified atom stereocenters. The number of nitrogens with two attached hydrogens (primary N) is 1. The van der Waals surface area contributed by atoms with E-state index in [1.165, 1.54) is 32.1 Å². The molecule has 6 heteroatoms. The molecule has 2 heterocycles. The van der Waals surface area contributed by atoms with Crippen molar-refractivity contribution in [2.24, 2.45) is 5.73 Å². The monoisotopic (exact) mass is 394 g/mol. The number of thioether (sulfide) groups is 1. The van der Waals surface area contributed by atoms with Gasteiger partial charge in [-0.25, -0.2) is 0 Å². The van der Waals surface area contributed by atoms with Crippen LogP contribution in [0.1, 0.15) is 54.6 Å². The van der Waals surface area contributed by atoms with Gasteiger partial charge in [-0.2, -0.15) is 11.8 Å². The summed E-state index contributed by atoms with van der Waals surface area (Å²) in [5.41, 5.74) is 7.86. The normalized spacial score (nSPS) is 21.1. The third kappa shape index (κ3) is 4.05. The van der Waals surface area contributed by atoms with E-state index >= 15 is 0 Å². The highest BCUT2D eigenvalue weighted by Gasteiger charge is 2.30. The van der Waals surface area contributed by atoms with Crippen LogP contribution in [0.5, 0.6) is 0 Å². The molecule has 1 aliphatic heterocycles. The molecule has 0 bridgehead atoms. The van der Waals surface area contributed by atoms with E-state index in [1.807, 2.05) is 34.9 Å². The maximum absolute atomic E-state index is 13.0. The highest BCUT2D eigenvalue weighted by molar-refractivity contribution is 7.99. The Hall–Kier alpha value is -1.17. The molecule has 4 nitrogen and oxygen atoms in total. The van der Waals surface area contributed by atoms with E-state index in [2.05, 4.69) is 6.07 Å². The van der Waals surface area contributed by atoms with Crippen molar-refractivity contribution in [2.75, 3.05) is 13.1 Å². The summed E-state index contributed by atoms with van der Waals surface area (Å²) in [5, 5.41) is 1.79. The summed E-state index contributed by atoms with van der Waals surface area (Å²) in [6.07, 6.45) is 7.50. The van der Waals surface area contributed by atoms with Gasteiger partial charge in [-0.3, -0.25) is 4.79 Å². The first-order valence-corrected chi connectivity index (χ1v) is 10.4. The van der Waals surface area contributed by atoms with Crippen LogP contribution in [-0.4, -0.2) is 35.2 Å². The van der Waals surface area contributed by atoms with Gasteiger partial charge >= 0.3 is 0 Å². The SMILES string of the molecule is Cl.N[C@@H]1CCN(C(=O)c2oc3ccccc3c2CSC2CCCCC2)C1. The highest BCUT2D eigenvalue weighted by Crippen LogP contribution is 2.35. The Kier molecular flexibility index (Phi) is 6.54. The Balaban J connectivity index is 0.00000196. The third-order valence-electron chi connectivity index (χ3n) is 5.42. The van der Waals surface area contributed by atoms with Crippen LogP contribution in [0.25, 0.3) is 11.0 Å². The summed E-state index contributed by atoms with van der Waals surface area (Å²) in [6, 6.07) is 8.10. The predicted octanol–water partition coefficient (Wildman–Crippen LogP) is 4.59. The maximum Gasteiger partial charge on any atom is 0.289 e. The number of rotatable bonds is 4. The van der Waals surface area contributed by atoms with Crippen LogP contribution in [0, 0.1) is 0 Å². The first-order chi connectivity index (χ1) is 12.2. The third-order valence-corrected chi connectivity index (χ3v) is 6.82. The van der Waals surface area contributed by atoms with Crippen LogP contribution < -0.4 is 5.73 Å². The van der Waals surface area contributed by atoms with Gasteiger partial charge in [-0.05, 0) is 25.3 Å². The molecule has 2 aliphatic rings. The van der Waals surface area contributed by atoms with Crippen molar-refractivity contribution in [1.29, 1.82) is 0 Å². The van der Waals surface area contributed by atoms with Crippen LogP contribution in [-0.2, 0) is 5.75 Å². The molecular formula is C20H27ClN2O2S. The molecule has 1 amide bonds. The van der Waals surface area contributed by atoms with Crippen LogP contribution in [0.4, 0.5) is 0 Å². The summed E-state index contributed by atoms with van der Waals surface area (Å²) < 4.78 is 6.00. The van der Waals surface area contributed by atoms with Gasteiger partial charge in [0.15, 0.2) is 5.76 Å². The molecule has 1 saturated heterocycles. The second kappa shape index (κ2) is 8.68. The topological polar surface area (TPSA) is 59.5 Å². The molecule has 1 aliphatic carbocycles. The Bertz CT molecular complexity index is 757. The number of hydrogen-bond acceptors (Lipinski definition) is 4. The highest BCUT2D eigenvalue weighted by atomic mass is 35.5. The number of carbonyl (C=O) groups is 1. The van der Waals surface area contributed by atoms with Crippen molar-refractivity contribution < 1.29 is 9.21 Å². The molecular weight excluding hydrogens is 368 g/mol. The summed E-state index contributed by atoms with van der Waals surface area (Å²) in [6.45, 7) is 1.36. The number of fused-ring (bicyclic) bond motifs is 1. The Labute approximate surface area is 165 Å². The maximum atomic E-state index is 13.0. The van der Waals surface area contributed by atoms with Gasteiger partial charge in [-0.15, -0.1) is 12.4 Å². The van der Waals surface area contributed by atoms with Crippen molar-refractivity contribution in [3.8, 4) is 0 Å². The van der Waals surface area contributed by atoms with E-state index in [0.29, 0.717) is 17.6 Å². The van der Waals surface area contributed by atoms with Crippen LogP contribution in [0.3, 0.4) is 0 Å². The van der Waals surface area contributed by atoms with E-state index in [-0.39, 0.29) is 24.4 Å². The standard InChI is InChI=1S/C20H26N2O2S.ClH/c21-14-10-11-22(12-14)20(23)19-17(13-25-15-6-2-1-3-7-15)16-8-4-5-9-18(16)24-19;/h4-5,8-9,14-15H,1-3,6-7,10-13,21H2;1H/t14-;/m1./s1. The van der Waals surface area contributed by atoms with Crippen LogP contribution in [0.2, 0.25) is 0 Å². The molecule has 142 valence electrons. The molecule has 26 heavy (non-hydrogen) atoms. The lowest BCUT2D eigenvalue weighted by Gasteiger charge is -2.21. The minimum atomic E-state index is 0. The minimum Gasteiger partial charge on any atom is -0.451 e.